The zero-order chi connectivity index (χ0) is 11.8. The highest BCUT2D eigenvalue weighted by Gasteiger charge is 2.18. The van der Waals surface area contributed by atoms with E-state index in [1.807, 2.05) is 0 Å². The standard InChI is InChI=1S/C9H6Cl2N2O2S/c10-7-3-1-2-4-8(7)13-9(5-6-12-13)16(11,14)15/h1-6H. The van der Waals surface area contributed by atoms with Gasteiger partial charge in [0, 0.05) is 10.7 Å². The third-order valence-corrected chi connectivity index (χ3v) is 3.54. The van der Waals surface area contributed by atoms with Crippen LogP contribution in [0, 0.1) is 0 Å². The van der Waals surface area contributed by atoms with E-state index in [9.17, 15) is 8.42 Å². The highest BCUT2D eigenvalue weighted by molar-refractivity contribution is 8.13. The molecular weight excluding hydrogens is 271 g/mol. The van der Waals surface area contributed by atoms with Crippen LogP contribution in [0.4, 0.5) is 0 Å². The summed E-state index contributed by atoms with van der Waals surface area (Å²) >= 11 is 5.94. The molecule has 16 heavy (non-hydrogen) atoms. The van der Waals surface area contributed by atoms with Gasteiger partial charge in [-0.05, 0) is 18.2 Å². The van der Waals surface area contributed by atoms with Crippen LogP contribution in [0.2, 0.25) is 5.02 Å². The number of rotatable bonds is 2. The second-order valence-corrected chi connectivity index (χ2v) is 5.89. The summed E-state index contributed by atoms with van der Waals surface area (Å²) in [5, 5.41) is 4.17. The maximum Gasteiger partial charge on any atom is 0.278 e. The summed E-state index contributed by atoms with van der Waals surface area (Å²) in [5.74, 6) is 0. The van der Waals surface area contributed by atoms with Gasteiger partial charge in [-0.1, -0.05) is 23.7 Å². The first-order valence-corrected chi connectivity index (χ1v) is 6.92. The van der Waals surface area contributed by atoms with Crippen LogP contribution in [-0.4, -0.2) is 18.2 Å². The average Bonchev–Trinajstić information content (AvgIpc) is 2.66. The molecule has 0 fully saturated rings. The monoisotopic (exact) mass is 276 g/mol. The molecule has 7 heteroatoms. The van der Waals surface area contributed by atoms with Gasteiger partial charge in [-0.15, -0.1) is 0 Å². The summed E-state index contributed by atoms with van der Waals surface area (Å²) in [5.41, 5.74) is 0.466. The van der Waals surface area contributed by atoms with Crippen molar-refractivity contribution in [2.45, 2.75) is 5.03 Å². The van der Waals surface area contributed by atoms with E-state index in [0.29, 0.717) is 10.7 Å². The number of aromatic nitrogens is 2. The Morgan fingerprint density at radius 3 is 2.50 bits per heavy atom. The maximum atomic E-state index is 11.3. The maximum absolute atomic E-state index is 11.3. The van der Waals surface area contributed by atoms with E-state index in [4.69, 9.17) is 22.3 Å². The average molecular weight is 277 g/mol. The fraction of sp³-hybridized carbons (Fsp3) is 0. The Kier molecular flexibility index (Phi) is 2.92. The van der Waals surface area contributed by atoms with Crippen molar-refractivity contribution in [3.63, 3.8) is 0 Å². The second kappa shape index (κ2) is 4.08. The van der Waals surface area contributed by atoms with Gasteiger partial charge in [0.1, 0.15) is 0 Å². The topological polar surface area (TPSA) is 52.0 Å². The van der Waals surface area contributed by atoms with Crippen LogP contribution < -0.4 is 0 Å². The fourth-order valence-corrected chi connectivity index (χ4v) is 2.42. The van der Waals surface area contributed by atoms with Gasteiger partial charge in [0.2, 0.25) is 0 Å². The lowest BCUT2D eigenvalue weighted by atomic mass is 10.3. The molecule has 4 nitrogen and oxygen atoms in total. The first-order chi connectivity index (χ1) is 7.50. The van der Waals surface area contributed by atoms with Crippen LogP contribution >= 0.6 is 22.3 Å². The van der Waals surface area contributed by atoms with Crippen LogP contribution in [0.25, 0.3) is 5.69 Å². The Morgan fingerprint density at radius 1 is 1.19 bits per heavy atom. The van der Waals surface area contributed by atoms with Crippen molar-refractivity contribution in [1.82, 2.24) is 9.78 Å². The van der Waals surface area contributed by atoms with Crippen molar-refractivity contribution in [1.29, 1.82) is 0 Å². The molecule has 0 spiro atoms. The molecular formula is C9H6Cl2N2O2S. The molecule has 0 N–H and O–H groups in total. The normalized spacial score (nSPS) is 11.6. The molecule has 84 valence electrons. The Hall–Kier alpha value is -1.04. The van der Waals surface area contributed by atoms with E-state index in [1.165, 1.54) is 16.9 Å². The molecule has 0 aliphatic rings. The predicted octanol–water partition coefficient (Wildman–Crippen LogP) is 2.45. The smallest absolute Gasteiger partial charge is 0.219 e. The van der Waals surface area contributed by atoms with Gasteiger partial charge in [0.05, 0.1) is 16.9 Å². The summed E-state index contributed by atoms with van der Waals surface area (Å²) in [6.45, 7) is 0. The Morgan fingerprint density at radius 2 is 1.88 bits per heavy atom. The first kappa shape index (κ1) is 11.4. The Balaban J connectivity index is 2.68. The SMILES string of the molecule is O=S(=O)(Cl)c1ccnn1-c1ccccc1Cl. The molecule has 0 aliphatic heterocycles. The fourth-order valence-electron chi connectivity index (χ4n) is 1.28. The van der Waals surface area contributed by atoms with Gasteiger partial charge < -0.3 is 0 Å². The van der Waals surface area contributed by atoms with E-state index < -0.39 is 9.05 Å². The lowest BCUT2D eigenvalue weighted by Crippen LogP contribution is -2.04. The minimum atomic E-state index is -3.84. The van der Waals surface area contributed by atoms with Crippen LogP contribution in [0.3, 0.4) is 0 Å². The van der Waals surface area contributed by atoms with Crippen molar-refractivity contribution in [2.75, 3.05) is 0 Å². The molecule has 1 aromatic heterocycles. The van der Waals surface area contributed by atoms with Gasteiger partial charge >= 0.3 is 0 Å². The summed E-state index contributed by atoms with van der Waals surface area (Å²) < 4.78 is 23.7. The molecule has 1 aromatic carbocycles. The number of nitrogens with zero attached hydrogens (tertiary/aromatic N) is 2. The largest absolute Gasteiger partial charge is 0.278 e. The van der Waals surface area contributed by atoms with E-state index in [-0.39, 0.29) is 5.03 Å². The van der Waals surface area contributed by atoms with E-state index >= 15 is 0 Å². The van der Waals surface area contributed by atoms with Gasteiger partial charge in [-0.3, -0.25) is 0 Å². The molecule has 1 heterocycles. The summed E-state index contributed by atoms with van der Waals surface area (Å²) in [7, 11) is 1.43. The molecule has 0 radical (unpaired) electrons. The van der Waals surface area contributed by atoms with Crippen molar-refractivity contribution in [2.24, 2.45) is 0 Å². The summed E-state index contributed by atoms with van der Waals surface area (Å²) in [4.78, 5) is 0. The number of benzene rings is 1. The van der Waals surface area contributed by atoms with Crippen LogP contribution in [0.1, 0.15) is 0 Å². The van der Waals surface area contributed by atoms with E-state index in [1.54, 1.807) is 24.3 Å². The highest BCUT2D eigenvalue weighted by Crippen LogP contribution is 2.24. The molecule has 0 saturated heterocycles. The quantitative estimate of drug-likeness (QED) is 0.792. The van der Waals surface area contributed by atoms with Gasteiger partial charge in [-0.2, -0.15) is 5.10 Å². The minimum Gasteiger partial charge on any atom is -0.219 e. The Bertz CT molecular complexity index is 622. The third kappa shape index (κ3) is 2.07. The zero-order valence-electron chi connectivity index (χ0n) is 7.84. The number of para-hydroxylation sites is 1. The molecule has 0 aliphatic carbocycles. The molecule has 0 saturated carbocycles. The molecule has 2 aromatic rings. The predicted molar refractivity (Wildman–Crippen MR) is 61.6 cm³/mol. The summed E-state index contributed by atoms with van der Waals surface area (Å²) in [6, 6.07) is 8.08. The zero-order valence-corrected chi connectivity index (χ0v) is 10.2. The van der Waals surface area contributed by atoms with Crippen LogP contribution in [0.15, 0.2) is 41.6 Å². The first-order valence-electron chi connectivity index (χ1n) is 4.24. The van der Waals surface area contributed by atoms with Crippen molar-refractivity contribution in [3.05, 3.63) is 41.6 Å². The van der Waals surface area contributed by atoms with Crippen molar-refractivity contribution < 1.29 is 8.42 Å². The third-order valence-electron chi connectivity index (χ3n) is 1.94. The minimum absolute atomic E-state index is 0.109. The number of hydrogen-bond acceptors (Lipinski definition) is 3. The lowest BCUT2D eigenvalue weighted by molar-refractivity contribution is 0.600. The molecule has 0 amide bonds. The van der Waals surface area contributed by atoms with Crippen LogP contribution in [-0.2, 0) is 9.05 Å². The summed E-state index contributed by atoms with van der Waals surface area (Å²) in [6.07, 6.45) is 1.35. The van der Waals surface area contributed by atoms with E-state index in [0.717, 1.165) is 0 Å². The molecule has 2 rings (SSSR count). The van der Waals surface area contributed by atoms with Crippen molar-refractivity contribution >= 4 is 31.3 Å². The number of halogens is 2. The molecule has 0 atom stereocenters. The van der Waals surface area contributed by atoms with E-state index in [2.05, 4.69) is 5.10 Å². The molecule has 0 bridgehead atoms. The lowest BCUT2D eigenvalue weighted by Gasteiger charge is -2.06. The van der Waals surface area contributed by atoms with Crippen LogP contribution in [0.5, 0.6) is 0 Å². The van der Waals surface area contributed by atoms with Gasteiger partial charge in [-0.25, -0.2) is 13.1 Å². The van der Waals surface area contributed by atoms with Gasteiger partial charge in [0.25, 0.3) is 9.05 Å². The highest BCUT2D eigenvalue weighted by atomic mass is 35.7. The second-order valence-electron chi connectivity index (χ2n) is 2.97. The Labute approximate surface area is 102 Å². The number of hydrogen-bond donors (Lipinski definition) is 0. The van der Waals surface area contributed by atoms with Crippen molar-refractivity contribution in [3.8, 4) is 5.69 Å². The van der Waals surface area contributed by atoms with Gasteiger partial charge in [0.15, 0.2) is 5.03 Å². The molecule has 0 unspecified atom stereocenters.